The lowest BCUT2D eigenvalue weighted by atomic mass is 10.1. The minimum absolute atomic E-state index is 0.0163. The van der Waals surface area contributed by atoms with Crippen molar-refractivity contribution in [2.75, 3.05) is 5.32 Å². The summed E-state index contributed by atoms with van der Waals surface area (Å²) in [7, 11) is 0. The van der Waals surface area contributed by atoms with E-state index in [4.69, 9.17) is 16.3 Å². The number of ether oxygens (including phenoxy) is 1. The number of anilines is 1. The Balaban J connectivity index is 1.52. The Labute approximate surface area is 212 Å². The van der Waals surface area contributed by atoms with E-state index < -0.39 is 0 Å². The third kappa shape index (κ3) is 7.71. The lowest BCUT2D eigenvalue weighted by Gasteiger charge is -2.11. The van der Waals surface area contributed by atoms with Gasteiger partial charge in [-0.3, -0.25) is 9.59 Å². The molecule has 0 aliphatic heterocycles. The first-order chi connectivity index (χ1) is 16.3. The number of hydrogen-bond donors (Lipinski definition) is 2. The number of carbonyl (C=O) groups excluding carboxylic acids is 2. The van der Waals surface area contributed by atoms with Crippen LogP contribution in [0.25, 0.3) is 0 Å². The lowest BCUT2D eigenvalue weighted by Crippen LogP contribution is -2.21. The molecule has 0 aliphatic carbocycles. The normalized spacial score (nSPS) is 10.8. The van der Waals surface area contributed by atoms with E-state index >= 15 is 0 Å². The van der Waals surface area contributed by atoms with Crippen LogP contribution in [0.2, 0.25) is 5.02 Å². The zero-order chi connectivity index (χ0) is 24.5. The molecule has 34 heavy (non-hydrogen) atoms. The zero-order valence-electron chi connectivity index (χ0n) is 18.9. The lowest BCUT2D eigenvalue weighted by molar-refractivity contribution is -0.124. The topological polar surface area (TPSA) is 79.8 Å². The van der Waals surface area contributed by atoms with Gasteiger partial charge in [-0.15, -0.1) is 0 Å². The summed E-state index contributed by atoms with van der Waals surface area (Å²) in [6, 6.07) is 18.8. The number of rotatable bonds is 9. The molecular weight excluding hydrogens is 518 g/mol. The van der Waals surface area contributed by atoms with Gasteiger partial charge in [0.25, 0.3) is 0 Å². The van der Waals surface area contributed by atoms with Crippen molar-refractivity contribution in [1.82, 2.24) is 5.43 Å². The average molecular weight is 543 g/mol. The fourth-order valence-electron chi connectivity index (χ4n) is 3.06. The fraction of sp³-hybridized carbons (Fsp3) is 0.192. The number of aryl methyl sites for hydroxylation is 2. The minimum Gasteiger partial charge on any atom is -0.488 e. The molecule has 3 aromatic carbocycles. The number of hydrazone groups is 1. The van der Waals surface area contributed by atoms with E-state index in [0.29, 0.717) is 22.9 Å². The summed E-state index contributed by atoms with van der Waals surface area (Å²) in [6.45, 7) is 4.17. The van der Waals surface area contributed by atoms with Crippen molar-refractivity contribution in [3.05, 3.63) is 92.4 Å². The first-order valence-electron chi connectivity index (χ1n) is 10.7. The quantitative estimate of drug-likeness (QED) is 0.251. The number of halogens is 2. The van der Waals surface area contributed by atoms with Crippen molar-refractivity contribution in [2.45, 2.75) is 33.3 Å². The number of nitrogens with zero attached hydrogens (tertiary/aromatic N) is 1. The molecule has 0 fully saturated rings. The Bertz CT molecular complexity index is 1210. The van der Waals surface area contributed by atoms with Crippen molar-refractivity contribution in [1.29, 1.82) is 0 Å². The summed E-state index contributed by atoms with van der Waals surface area (Å²) >= 11 is 9.63. The third-order valence-electron chi connectivity index (χ3n) is 4.95. The second kappa shape index (κ2) is 12.3. The average Bonchev–Trinajstić information content (AvgIpc) is 2.80. The molecule has 0 unspecified atom stereocenters. The van der Waals surface area contributed by atoms with Crippen molar-refractivity contribution >= 4 is 51.2 Å². The van der Waals surface area contributed by atoms with Crippen LogP contribution in [0.4, 0.5) is 5.69 Å². The monoisotopic (exact) mass is 541 g/mol. The summed E-state index contributed by atoms with van der Waals surface area (Å²) < 4.78 is 6.75. The zero-order valence-corrected chi connectivity index (χ0v) is 21.2. The van der Waals surface area contributed by atoms with Crippen LogP contribution in [-0.4, -0.2) is 18.0 Å². The molecule has 0 bridgehead atoms. The predicted octanol–water partition coefficient (Wildman–Crippen LogP) is 6.17. The van der Waals surface area contributed by atoms with Gasteiger partial charge in [-0.2, -0.15) is 5.10 Å². The number of benzene rings is 3. The standard InChI is InChI=1S/C26H25BrClN3O3/c1-17-7-8-18(2)23(13-17)30-25(32)11-12-26(33)31-29-15-20-14-21(27)9-10-24(20)34-16-19-5-3-4-6-22(19)28/h3-10,13-15H,11-12,16H2,1-2H3,(H,30,32)(H,31,33). The Morgan fingerprint density at radius 2 is 1.79 bits per heavy atom. The van der Waals surface area contributed by atoms with E-state index in [0.717, 1.165) is 26.9 Å². The molecule has 0 spiro atoms. The van der Waals surface area contributed by atoms with Crippen LogP contribution >= 0.6 is 27.5 Å². The molecule has 8 heteroatoms. The maximum atomic E-state index is 12.2. The molecule has 0 saturated heterocycles. The number of hydrogen-bond acceptors (Lipinski definition) is 4. The second-order valence-corrected chi connectivity index (χ2v) is 9.04. The van der Waals surface area contributed by atoms with Gasteiger partial charge in [0.05, 0.1) is 6.21 Å². The summed E-state index contributed by atoms with van der Waals surface area (Å²) in [6.07, 6.45) is 1.57. The van der Waals surface area contributed by atoms with E-state index in [-0.39, 0.29) is 24.7 Å². The Kier molecular flexibility index (Phi) is 9.24. The maximum absolute atomic E-state index is 12.2. The van der Waals surface area contributed by atoms with Crippen LogP contribution in [0.5, 0.6) is 5.75 Å². The molecule has 176 valence electrons. The van der Waals surface area contributed by atoms with E-state index in [1.54, 1.807) is 0 Å². The second-order valence-electron chi connectivity index (χ2n) is 7.72. The Morgan fingerprint density at radius 3 is 2.59 bits per heavy atom. The van der Waals surface area contributed by atoms with Crippen molar-refractivity contribution in [3.63, 3.8) is 0 Å². The summed E-state index contributed by atoms with van der Waals surface area (Å²) in [5.74, 6) is 0.00463. The molecule has 0 radical (unpaired) electrons. The van der Waals surface area contributed by atoms with Crippen LogP contribution in [0.15, 0.2) is 70.2 Å². The van der Waals surface area contributed by atoms with Gasteiger partial charge < -0.3 is 10.1 Å². The molecule has 0 atom stereocenters. The molecule has 2 amide bonds. The van der Waals surface area contributed by atoms with Crippen LogP contribution < -0.4 is 15.5 Å². The van der Waals surface area contributed by atoms with Crippen molar-refractivity contribution in [3.8, 4) is 5.75 Å². The highest BCUT2D eigenvalue weighted by molar-refractivity contribution is 9.10. The summed E-state index contributed by atoms with van der Waals surface area (Å²) in [5.41, 5.74) is 6.77. The van der Waals surface area contributed by atoms with E-state index in [1.807, 2.05) is 74.5 Å². The van der Waals surface area contributed by atoms with Gasteiger partial charge in [0.15, 0.2) is 0 Å². The number of carbonyl (C=O) groups is 2. The largest absolute Gasteiger partial charge is 0.488 e. The molecule has 3 aromatic rings. The van der Waals surface area contributed by atoms with Gasteiger partial charge in [-0.25, -0.2) is 5.43 Å². The van der Waals surface area contributed by atoms with Gasteiger partial charge in [-0.1, -0.05) is 57.9 Å². The maximum Gasteiger partial charge on any atom is 0.240 e. The van der Waals surface area contributed by atoms with Gasteiger partial charge in [-0.05, 0) is 55.3 Å². The molecule has 0 heterocycles. The molecule has 3 rings (SSSR count). The Morgan fingerprint density at radius 1 is 1.03 bits per heavy atom. The van der Waals surface area contributed by atoms with Crippen LogP contribution in [0, 0.1) is 13.8 Å². The van der Waals surface area contributed by atoms with E-state index in [9.17, 15) is 9.59 Å². The minimum atomic E-state index is -0.360. The molecule has 2 N–H and O–H groups in total. The third-order valence-corrected chi connectivity index (χ3v) is 5.81. The number of amides is 2. The van der Waals surface area contributed by atoms with Gasteiger partial charge in [0.1, 0.15) is 12.4 Å². The highest BCUT2D eigenvalue weighted by Crippen LogP contribution is 2.24. The van der Waals surface area contributed by atoms with Gasteiger partial charge >= 0.3 is 0 Å². The van der Waals surface area contributed by atoms with Crippen molar-refractivity contribution < 1.29 is 14.3 Å². The summed E-state index contributed by atoms with van der Waals surface area (Å²) in [5, 5.41) is 7.49. The SMILES string of the molecule is Cc1ccc(C)c(NC(=O)CCC(=O)NN=Cc2cc(Br)ccc2OCc2ccccc2Cl)c1. The first kappa shape index (κ1) is 25.5. The first-order valence-corrected chi connectivity index (χ1v) is 11.8. The van der Waals surface area contributed by atoms with Gasteiger partial charge in [0, 0.05) is 39.2 Å². The highest BCUT2D eigenvalue weighted by atomic mass is 79.9. The highest BCUT2D eigenvalue weighted by Gasteiger charge is 2.09. The smallest absolute Gasteiger partial charge is 0.240 e. The molecular formula is C26H25BrClN3O3. The van der Waals surface area contributed by atoms with E-state index in [2.05, 4.69) is 31.8 Å². The molecule has 0 aromatic heterocycles. The molecule has 6 nitrogen and oxygen atoms in total. The van der Waals surface area contributed by atoms with E-state index in [1.165, 1.54) is 6.21 Å². The van der Waals surface area contributed by atoms with Gasteiger partial charge in [0.2, 0.25) is 11.8 Å². The molecule has 0 saturated carbocycles. The molecule has 0 aliphatic rings. The van der Waals surface area contributed by atoms with Crippen LogP contribution in [0.3, 0.4) is 0 Å². The summed E-state index contributed by atoms with van der Waals surface area (Å²) in [4.78, 5) is 24.4. The van der Waals surface area contributed by atoms with Crippen molar-refractivity contribution in [2.24, 2.45) is 5.10 Å². The predicted molar refractivity (Wildman–Crippen MR) is 139 cm³/mol. The Hall–Kier alpha value is -3.16. The van der Waals surface area contributed by atoms with Crippen LogP contribution in [0.1, 0.15) is 35.1 Å². The van der Waals surface area contributed by atoms with Crippen LogP contribution in [-0.2, 0) is 16.2 Å². The number of nitrogens with one attached hydrogen (secondary N) is 2. The fourth-order valence-corrected chi connectivity index (χ4v) is 3.63.